The van der Waals surface area contributed by atoms with Gasteiger partial charge in [-0.3, -0.25) is 4.79 Å². The van der Waals surface area contributed by atoms with Crippen molar-refractivity contribution in [3.05, 3.63) is 65.2 Å². The van der Waals surface area contributed by atoms with Gasteiger partial charge in [0.05, 0.1) is 5.56 Å². The summed E-state index contributed by atoms with van der Waals surface area (Å²) in [5.41, 5.74) is 3.01. The predicted molar refractivity (Wildman–Crippen MR) is 73.3 cm³/mol. The first-order valence-electron chi connectivity index (χ1n) is 6.39. The van der Waals surface area contributed by atoms with Crippen molar-refractivity contribution >= 4 is 5.91 Å². The Kier molecular flexibility index (Phi) is 2.95. The lowest BCUT2D eigenvalue weighted by atomic mass is 9.77. The second-order valence-electron chi connectivity index (χ2n) is 4.83. The zero-order valence-electron chi connectivity index (χ0n) is 10.5. The number of aromatic hydroxyl groups is 1. The van der Waals surface area contributed by atoms with Crippen molar-refractivity contribution in [1.29, 1.82) is 0 Å². The summed E-state index contributed by atoms with van der Waals surface area (Å²) in [6.45, 7) is 0.615. The Bertz CT molecular complexity index is 622. The van der Waals surface area contributed by atoms with Gasteiger partial charge in [0.2, 0.25) is 0 Å². The molecule has 0 radical (unpaired) electrons. The van der Waals surface area contributed by atoms with Crippen LogP contribution in [0, 0.1) is 0 Å². The first-order chi connectivity index (χ1) is 9.25. The average molecular weight is 253 g/mol. The van der Waals surface area contributed by atoms with Crippen LogP contribution in [0.3, 0.4) is 0 Å². The summed E-state index contributed by atoms with van der Waals surface area (Å²) >= 11 is 0. The van der Waals surface area contributed by atoms with Gasteiger partial charge in [-0.1, -0.05) is 36.4 Å². The van der Waals surface area contributed by atoms with Gasteiger partial charge in [0.1, 0.15) is 5.75 Å². The molecule has 3 nitrogen and oxygen atoms in total. The second-order valence-corrected chi connectivity index (χ2v) is 4.83. The molecule has 1 aliphatic rings. The van der Waals surface area contributed by atoms with Crippen LogP contribution < -0.4 is 5.32 Å². The maximum absolute atomic E-state index is 12.0. The molecule has 0 bridgehead atoms. The molecule has 3 rings (SSSR count). The third-order valence-electron chi connectivity index (χ3n) is 3.62. The van der Waals surface area contributed by atoms with Gasteiger partial charge in [-0.05, 0) is 29.7 Å². The van der Waals surface area contributed by atoms with Crippen LogP contribution in [0.4, 0.5) is 0 Å². The molecule has 0 fully saturated rings. The number of rotatable bonds is 3. The van der Waals surface area contributed by atoms with Gasteiger partial charge in [0.25, 0.3) is 5.91 Å². The minimum atomic E-state index is -0.220. The van der Waals surface area contributed by atoms with Crippen LogP contribution in [0.15, 0.2) is 48.5 Å². The Morgan fingerprint density at radius 3 is 2.68 bits per heavy atom. The van der Waals surface area contributed by atoms with Gasteiger partial charge >= 0.3 is 0 Å². The standard InChI is InChI=1S/C16H15NO2/c18-15-8-4-3-7-14(15)16(19)17-10-12-9-11-5-1-2-6-13(11)12/h1-8,12,18H,9-10H2,(H,17,19). The Hall–Kier alpha value is -2.29. The maximum atomic E-state index is 12.0. The van der Waals surface area contributed by atoms with Crippen molar-refractivity contribution in [3.63, 3.8) is 0 Å². The third kappa shape index (κ3) is 2.19. The van der Waals surface area contributed by atoms with E-state index in [2.05, 4.69) is 17.4 Å². The van der Waals surface area contributed by atoms with Crippen LogP contribution in [-0.4, -0.2) is 17.6 Å². The van der Waals surface area contributed by atoms with E-state index in [0.29, 0.717) is 18.0 Å². The fourth-order valence-corrected chi connectivity index (χ4v) is 2.52. The number of amides is 1. The monoisotopic (exact) mass is 253 g/mol. The number of fused-ring (bicyclic) bond motifs is 1. The van der Waals surface area contributed by atoms with E-state index in [0.717, 1.165) is 6.42 Å². The molecule has 2 N–H and O–H groups in total. The largest absolute Gasteiger partial charge is 0.507 e. The molecule has 19 heavy (non-hydrogen) atoms. The molecule has 2 aromatic rings. The van der Waals surface area contributed by atoms with Crippen molar-refractivity contribution in [2.24, 2.45) is 0 Å². The van der Waals surface area contributed by atoms with E-state index >= 15 is 0 Å². The minimum Gasteiger partial charge on any atom is -0.507 e. The van der Waals surface area contributed by atoms with Crippen molar-refractivity contribution in [2.45, 2.75) is 12.3 Å². The van der Waals surface area contributed by atoms with Crippen molar-refractivity contribution in [3.8, 4) is 5.75 Å². The molecular formula is C16H15NO2. The molecular weight excluding hydrogens is 238 g/mol. The first-order valence-corrected chi connectivity index (χ1v) is 6.39. The predicted octanol–water partition coefficient (Wildman–Crippen LogP) is 2.46. The summed E-state index contributed by atoms with van der Waals surface area (Å²) < 4.78 is 0. The van der Waals surface area contributed by atoms with E-state index in [1.54, 1.807) is 18.2 Å². The number of carbonyl (C=O) groups excluding carboxylic acids is 1. The Morgan fingerprint density at radius 2 is 1.89 bits per heavy atom. The number of benzene rings is 2. The van der Waals surface area contributed by atoms with E-state index < -0.39 is 0 Å². The van der Waals surface area contributed by atoms with E-state index in [9.17, 15) is 9.90 Å². The summed E-state index contributed by atoms with van der Waals surface area (Å²) in [6, 6.07) is 14.9. The van der Waals surface area contributed by atoms with Crippen molar-refractivity contribution in [2.75, 3.05) is 6.54 Å². The molecule has 0 aliphatic heterocycles. The number of phenols is 1. The van der Waals surface area contributed by atoms with Crippen LogP contribution in [0.5, 0.6) is 5.75 Å². The normalized spacial score (nSPS) is 16.3. The van der Waals surface area contributed by atoms with Gasteiger partial charge in [-0.25, -0.2) is 0 Å². The molecule has 0 aromatic heterocycles. The highest BCUT2D eigenvalue weighted by Crippen LogP contribution is 2.34. The third-order valence-corrected chi connectivity index (χ3v) is 3.62. The molecule has 1 amide bonds. The molecule has 1 unspecified atom stereocenters. The van der Waals surface area contributed by atoms with Crippen LogP contribution >= 0.6 is 0 Å². The fourth-order valence-electron chi connectivity index (χ4n) is 2.52. The average Bonchev–Trinajstić information content (AvgIpc) is 2.40. The highest BCUT2D eigenvalue weighted by molar-refractivity contribution is 5.96. The zero-order valence-corrected chi connectivity index (χ0v) is 10.5. The highest BCUT2D eigenvalue weighted by Gasteiger charge is 2.25. The number of hydrogen-bond donors (Lipinski definition) is 2. The van der Waals surface area contributed by atoms with Gasteiger partial charge in [-0.15, -0.1) is 0 Å². The lowest BCUT2D eigenvalue weighted by molar-refractivity contribution is 0.0947. The van der Waals surface area contributed by atoms with Crippen molar-refractivity contribution < 1.29 is 9.90 Å². The van der Waals surface area contributed by atoms with E-state index in [4.69, 9.17) is 0 Å². The molecule has 0 saturated heterocycles. The van der Waals surface area contributed by atoms with Crippen LogP contribution in [-0.2, 0) is 6.42 Å². The molecule has 1 aliphatic carbocycles. The van der Waals surface area contributed by atoms with E-state index in [1.165, 1.54) is 17.2 Å². The maximum Gasteiger partial charge on any atom is 0.255 e. The molecule has 0 spiro atoms. The Morgan fingerprint density at radius 1 is 1.16 bits per heavy atom. The summed E-state index contributed by atoms with van der Waals surface area (Å²) in [7, 11) is 0. The summed E-state index contributed by atoms with van der Waals surface area (Å²) in [5, 5.41) is 12.5. The van der Waals surface area contributed by atoms with Crippen molar-refractivity contribution in [1.82, 2.24) is 5.32 Å². The lowest BCUT2D eigenvalue weighted by Gasteiger charge is -2.30. The topological polar surface area (TPSA) is 49.3 Å². The van der Waals surface area contributed by atoms with Crippen LogP contribution in [0.1, 0.15) is 27.4 Å². The van der Waals surface area contributed by atoms with Gasteiger partial charge in [-0.2, -0.15) is 0 Å². The summed E-state index contributed by atoms with van der Waals surface area (Å²) in [4.78, 5) is 12.0. The molecule has 2 aromatic carbocycles. The zero-order chi connectivity index (χ0) is 13.2. The molecule has 1 atom stereocenters. The quantitative estimate of drug-likeness (QED) is 0.882. The molecule has 0 saturated carbocycles. The van der Waals surface area contributed by atoms with Crippen LogP contribution in [0.2, 0.25) is 0 Å². The number of para-hydroxylation sites is 1. The van der Waals surface area contributed by atoms with Crippen LogP contribution in [0.25, 0.3) is 0 Å². The number of hydrogen-bond acceptors (Lipinski definition) is 2. The van der Waals surface area contributed by atoms with E-state index in [1.807, 2.05) is 12.1 Å². The number of nitrogens with one attached hydrogen (secondary N) is 1. The number of phenolic OH excluding ortho intramolecular Hbond substituents is 1. The molecule has 0 heterocycles. The summed E-state index contributed by atoms with van der Waals surface area (Å²) in [5.74, 6) is 0.197. The Balaban J connectivity index is 1.63. The first kappa shape index (κ1) is 11.8. The molecule has 96 valence electrons. The highest BCUT2D eigenvalue weighted by atomic mass is 16.3. The van der Waals surface area contributed by atoms with Gasteiger partial charge in [0.15, 0.2) is 0 Å². The van der Waals surface area contributed by atoms with Gasteiger partial charge in [0, 0.05) is 12.5 Å². The molecule has 3 heteroatoms. The fraction of sp³-hybridized carbons (Fsp3) is 0.188. The second kappa shape index (κ2) is 4.76. The smallest absolute Gasteiger partial charge is 0.255 e. The lowest BCUT2D eigenvalue weighted by Crippen LogP contribution is -2.33. The SMILES string of the molecule is O=C(NCC1Cc2ccccc21)c1ccccc1O. The Labute approximate surface area is 111 Å². The van der Waals surface area contributed by atoms with Gasteiger partial charge < -0.3 is 10.4 Å². The summed E-state index contributed by atoms with van der Waals surface area (Å²) in [6.07, 6.45) is 1.01. The minimum absolute atomic E-state index is 0.0222. The number of carbonyl (C=O) groups is 1. The van der Waals surface area contributed by atoms with E-state index in [-0.39, 0.29) is 11.7 Å².